The Kier molecular flexibility index (Phi) is 12.5. The Morgan fingerprint density at radius 1 is 0.686 bits per heavy atom. The van der Waals surface area contributed by atoms with E-state index in [-0.39, 0.29) is 6.09 Å². The van der Waals surface area contributed by atoms with Gasteiger partial charge in [-0.15, -0.1) is 0 Å². The smallest absolute Gasteiger partial charge is 0.410 e. The molecule has 0 spiro atoms. The number of ether oxygens (including phenoxy) is 1. The molecule has 4 aliphatic rings. The number of hydrogen-bond acceptors (Lipinski definition) is 7. The third-order valence-electron chi connectivity index (χ3n) is 11.3. The van der Waals surface area contributed by atoms with E-state index in [0.29, 0.717) is 32.5 Å². The minimum atomic E-state index is -0.750. The minimum Gasteiger partial charge on any atom is -0.481 e. The summed E-state index contributed by atoms with van der Waals surface area (Å²) >= 11 is 0. The molecule has 10 nitrogen and oxygen atoms in total. The summed E-state index contributed by atoms with van der Waals surface area (Å²) in [6, 6.07) is 12.6. The maximum Gasteiger partial charge on any atom is 0.410 e. The van der Waals surface area contributed by atoms with Crippen LogP contribution < -0.4 is 5.32 Å². The molecule has 0 unspecified atom stereocenters. The van der Waals surface area contributed by atoms with Crippen LogP contribution in [0.25, 0.3) is 0 Å². The van der Waals surface area contributed by atoms with E-state index in [1.54, 1.807) is 4.90 Å². The van der Waals surface area contributed by atoms with Crippen molar-refractivity contribution in [3.05, 3.63) is 69.8 Å². The summed E-state index contributed by atoms with van der Waals surface area (Å²) in [6.07, 6.45) is 6.70. The Morgan fingerprint density at radius 2 is 1.10 bits per heavy atom. The van der Waals surface area contributed by atoms with E-state index < -0.39 is 28.4 Å². The van der Waals surface area contributed by atoms with Crippen molar-refractivity contribution in [3.63, 3.8) is 0 Å². The number of nitrogens with one attached hydrogen (secondary N) is 1. The van der Waals surface area contributed by atoms with Crippen molar-refractivity contribution in [2.45, 2.75) is 116 Å². The third-order valence-corrected chi connectivity index (χ3v) is 11.3. The van der Waals surface area contributed by atoms with Crippen LogP contribution >= 0.6 is 0 Å². The summed E-state index contributed by atoms with van der Waals surface area (Å²) in [6.45, 7) is 18.2. The molecule has 4 fully saturated rings. The number of carboxylic acids is 2. The van der Waals surface area contributed by atoms with Gasteiger partial charge in [-0.1, -0.05) is 73.2 Å². The van der Waals surface area contributed by atoms with E-state index in [1.807, 2.05) is 27.7 Å². The van der Waals surface area contributed by atoms with Crippen molar-refractivity contribution in [2.24, 2.45) is 0 Å². The molecule has 6 rings (SSSR count). The van der Waals surface area contributed by atoms with E-state index in [4.69, 9.17) is 4.74 Å². The fourth-order valence-corrected chi connectivity index (χ4v) is 8.47. The van der Waals surface area contributed by atoms with Crippen LogP contribution in [0, 0.1) is 13.8 Å². The molecule has 0 aromatic heterocycles. The van der Waals surface area contributed by atoms with Gasteiger partial charge in [0.25, 0.3) is 0 Å². The molecule has 0 bridgehead atoms. The first kappa shape index (κ1) is 38.8. The fourth-order valence-electron chi connectivity index (χ4n) is 8.47. The number of aliphatic carboxylic acids is 2. The second kappa shape index (κ2) is 16.5. The number of nitrogens with zero attached hydrogens (tertiary/aromatic N) is 3. The Labute approximate surface area is 304 Å². The number of aryl methyl sites for hydroxylation is 2. The molecule has 2 heterocycles. The normalized spacial score (nSPS) is 20.8. The molecule has 2 aromatic carbocycles. The van der Waals surface area contributed by atoms with Crippen LogP contribution in [-0.4, -0.2) is 101 Å². The quantitative estimate of drug-likeness (QED) is 0.293. The molecule has 2 saturated heterocycles. The maximum atomic E-state index is 12.3. The molecule has 2 saturated carbocycles. The first-order chi connectivity index (χ1) is 24.2. The Morgan fingerprint density at radius 3 is 1.49 bits per heavy atom. The molecule has 280 valence electrons. The average molecular weight is 705 g/mol. The number of carboxylic acid groups (broad SMARTS) is 2. The summed E-state index contributed by atoms with van der Waals surface area (Å²) < 4.78 is 5.47. The first-order valence-corrected chi connectivity index (χ1v) is 19.0. The average Bonchev–Trinajstić information content (AvgIpc) is 3.79. The second-order valence-electron chi connectivity index (χ2n) is 16.3. The summed E-state index contributed by atoms with van der Waals surface area (Å²) in [5.74, 6) is -1.34. The predicted octanol–water partition coefficient (Wildman–Crippen LogP) is 6.24. The van der Waals surface area contributed by atoms with Crippen molar-refractivity contribution < 1.29 is 29.3 Å². The highest BCUT2D eigenvalue weighted by atomic mass is 16.6. The van der Waals surface area contributed by atoms with Crippen LogP contribution in [0.15, 0.2) is 36.4 Å². The molecule has 1 amide bonds. The van der Waals surface area contributed by atoms with Crippen molar-refractivity contribution in [1.82, 2.24) is 20.0 Å². The maximum absolute atomic E-state index is 12.3. The summed E-state index contributed by atoms with van der Waals surface area (Å²) in [5, 5.41) is 23.3. The Bertz CT molecular complexity index is 1530. The molecule has 0 radical (unpaired) electrons. The van der Waals surface area contributed by atoms with Crippen LogP contribution in [0.4, 0.5) is 4.79 Å². The zero-order chi connectivity index (χ0) is 36.8. The highest BCUT2D eigenvalue weighted by molar-refractivity contribution is 5.83. The van der Waals surface area contributed by atoms with Gasteiger partial charge in [0, 0.05) is 65.4 Å². The van der Waals surface area contributed by atoms with Crippen LogP contribution in [-0.2, 0) is 38.2 Å². The zero-order valence-electron chi connectivity index (χ0n) is 31.6. The molecule has 51 heavy (non-hydrogen) atoms. The molecule has 10 heteroatoms. The third kappa shape index (κ3) is 9.31. The van der Waals surface area contributed by atoms with Gasteiger partial charge in [0.2, 0.25) is 0 Å². The number of piperazine rings is 2. The monoisotopic (exact) mass is 704 g/mol. The number of benzene rings is 2. The lowest BCUT2D eigenvalue weighted by Gasteiger charge is -2.36. The SMILES string of the molecule is Cc1ccc(CN2CCN(C(=O)OC(C)(C)C)CC2)c(C2(C(=O)O)CCCC2)c1.Cc1ccc(CN2CCNCC2)c(C2(C(=O)O)CCCC2)c1. The lowest BCUT2D eigenvalue weighted by atomic mass is 9.76. The minimum absolute atomic E-state index is 0.260. The number of carbonyl (C=O) groups excluding carboxylic acids is 1. The largest absolute Gasteiger partial charge is 0.481 e. The van der Waals surface area contributed by atoms with Gasteiger partial charge < -0.3 is 25.2 Å². The van der Waals surface area contributed by atoms with Gasteiger partial charge in [-0.3, -0.25) is 19.4 Å². The highest BCUT2D eigenvalue weighted by Crippen LogP contribution is 2.44. The lowest BCUT2D eigenvalue weighted by Crippen LogP contribution is -2.49. The molecule has 3 N–H and O–H groups in total. The van der Waals surface area contributed by atoms with Gasteiger partial charge in [0.05, 0.1) is 10.8 Å². The van der Waals surface area contributed by atoms with E-state index in [2.05, 4.69) is 58.4 Å². The molecule has 2 aliphatic heterocycles. The molecule has 2 aromatic rings. The van der Waals surface area contributed by atoms with E-state index in [0.717, 1.165) is 112 Å². The van der Waals surface area contributed by atoms with Gasteiger partial charge >= 0.3 is 18.0 Å². The standard InChI is InChI=1S/C23H34N2O4.C18H26N2O2/c1-17-7-8-18(19(15-17)23(20(26)27)9-5-6-10-23)16-24-11-13-25(14-12-24)21(28)29-22(2,3)4;1-14-4-5-15(13-20-10-8-19-9-11-20)16(12-14)18(17(21)22)6-2-3-7-18/h7-8,15H,5-6,9-14,16H2,1-4H3,(H,26,27);4-5,12,19H,2-3,6-11,13H2,1H3,(H,21,22). The van der Waals surface area contributed by atoms with Gasteiger partial charge in [-0.2, -0.15) is 0 Å². The van der Waals surface area contributed by atoms with Crippen LogP contribution in [0.3, 0.4) is 0 Å². The van der Waals surface area contributed by atoms with Gasteiger partial charge in [0.15, 0.2) is 0 Å². The van der Waals surface area contributed by atoms with Crippen molar-refractivity contribution in [1.29, 1.82) is 0 Å². The summed E-state index contributed by atoms with van der Waals surface area (Å²) in [5.41, 5.74) is 4.72. The number of hydrogen-bond donors (Lipinski definition) is 3. The van der Waals surface area contributed by atoms with Crippen molar-refractivity contribution in [3.8, 4) is 0 Å². The van der Waals surface area contributed by atoms with Crippen LogP contribution in [0.5, 0.6) is 0 Å². The second-order valence-corrected chi connectivity index (χ2v) is 16.3. The van der Waals surface area contributed by atoms with E-state index in [9.17, 15) is 24.6 Å². The number of carbonyl (C=O) groups is 3. The predicted molar refractivity (Wildman–Crippen MR) is 199 cm³/mol. The number of rotatable bonds is 8. The lowest BCUT2D eigenvalue weighted by molar-refractivity contribution is -0.144. The zero-order valence-corrected chi connectivity index (χ0v) is 31.6. The van der Waals surface area contributed by atoms with Gasteiger partial charge in [-0.25, -0.2) is 4.79 Å². The molecular weight excluding hydrogens is 644 g/mol. The van der Waals surface area contributed by atoms with Crippen molar-refractivity contribution in [2.75, 3.05) is 52.4 Å². The summed E-state index contributed by atoms with van der Waals surface area (Å²) in [4.78, 5) is 43.1. The van der Waals surface area contributed by atoms with Gasteiger partial charge in [0.1, 0.15) is 5.60 Å². The van der Waals surface area contributed by atoms with Crippen LogP contribution in [0.2, 0.25) is 0 Å². The molecular formula is C41H60N4O6. The highest BCUT2D eigenvalue weighted by Gasteiger charge is 2.45. The van der Waals surface area contributed by atoms with Gasteiger partial charge in [-0.05, 0) is 82.6 Å². The first-order valence-electron chi connectivity index (χ1n) is 19.0. The molecule has 0 atom stereocenters. The molecule has 2 aliphatic carbocycles. The summed E-state index contributed by atoms with van der Waals surface area (Å²) in [7, 11) is 0. The Balaban J connectivity index is 0.000000205. The van der Waals surface area contributed by atoms with E-state index in [1.165, 1.54) is 5.56 Å². The fraction of sp³-hybridized carbons (Fsp3) is 0.634. The topological polar surface area (TPSA) is 123 Å². The van der Waals surface area contributed by atoms with E-state index >= 15 is 0 Å². The number of amides is 1. The Hall–Kier alpha value is -3.47. The van der Waals surface area contributed by atoms with Crippen molar-refractivity contribution >= 4 is 18.0 Å². The van der Waals surface area contributed by atoms with Crippen LogP contribution in [0.1, 0.15) is 106 Å².